The van der Waals surface area contributed by atoms with E-state index in [1.165, 1.54) is 11.8 Å². The summed E-state index contributed by atoms with van der Waals surface area (Å²) < 4.78 is 1.92. The number of primary amides is 1. The van der Waals surface area contributed by atoms with Crippen molar-refractivity contribution in [2.75, 3.05) is 5.75 Å². The van der Waals surface area contributed by atoms with Gasteiger partial charge in [0, 0.05) is 30.5 Å². The highest BCUT2D eigenvalue weighted by atomic mass is 35.5. The first-order valence-electron chi connectivity index (χ1n) is 8.38. The predicted octanol–water partition coefficient (Wildman–Crippen LogP) is 2.09. The molecule has 2 amide bonds. The number of nitrogens with zero attached hydrogens (tertiary/aromatic N) is 3. The van der Waals surface area contributed by atoms with Crippen molar-refractivity contribution in [2.24, 2.45) is 5.73 Å². The summed E-state index contributed by atoms with van der Waals surface area (Å²) in [5, 5.41) is 12.6. The van der Waals surface area contributed by atoms with E-state index < -0.39 is 0 Å². The molecule has 0 spiro atoms. The number of carbonyl (C=O) groups is 2. The Bertz CT molecular complexity index is 789. The van der Waals surface area contributed by atoms with Crippen molar-refractivity contribution in [3.63, 3.8) is 0 Å². The lowest BCUT2D eigenvalue weighted by molar-refractivity contribution is -0.119. The van der Waals surface area contributed by atoms with E-state index in [0.717, 1.165) is 24.2 Å². The van der Waals surface area contributed by atoms with Crippen LogP contribution in [0.3, 0.4) is 0 Å². The Labute approximate surface area is 160 Å². The minimum atomic E-state index is -0.364. The third-order valence-corrected chi connectivity index (χ3v) is 5.22. The molecule has 0 saturated heterocycles. The Hall–Kier alpha value is -2.06. The van der Waals surface area contributed by atoms with E-state index in [-0.39, 0.29) is 24.0 Å². The van der Waals surface area contributed by atoms with Crippen LogP contribution in [0.5, 0.6) is 0 Å². The molecule has 0 radical (unpaired) electrons. The smallest absolute Gasteiger partial charge is 0.230 e. The molecular weight excluding hydrogens is 374 g/mol. The Balaban J connectivity index is 1.54. The van der Waals surface area contributed by atoms with Crippen LogP contribution in [0.1, 0.15) is 36.6 Å². The summed E-state index contributed by atoms with van der Waals surface area (Å²) in [5.41, 5.74) is 6.23. The van der Waals surface area contributed by atoms with Gasteiger partial charge >= 0.3 is 0 Å². The average molecular weight is 394 g/mol. The van der Waals surface area contributed by atoms with E-state index in [2.05, 4.69) is 15.5 Å². The highest BCUT2D eigenvalue weighted by molar-refractivity contribution is 7.99. The number of nitrogens with two attached hydrogens (primary N) is 1. The van der Waals surface area contributed by atoms with Crippen molar-refractivity contribution in [3.05, 3.63) is 40.7 Å². The molecule has 7 nitrogen and oxygen atoms in total. The standard InChI is InChI=1S/C17H20ClN5O2S/c18-13-5-1-11(2-6-13)9-20-15(25)10-26-17-22-21-16(12-3-4-12)23(17)8-7-14(19)24/h1-2,5-6,12H,3-4,7-10H2,(H2,19,24)(H,20,25). The van der Waals surface area contributed by atoms with Gasteiger partial charge in [-0.25, -0.2) is 0 Å². The molecule has 3 N–H and O–H groups in total. The van der Waals surface area contributed by atoms with E-state index in [4.69, 9.17) is 17.3 Å². The van der Waals surface area contributed by atoms with Crippen LogP contribution in [-0.4, -0.2) is 32.3 Å². The number of thioether (sulfide) groups is 1. The first-order chi connectivity index (χ1) is 12.5. The number of hydrogen-bond acceptors (Lipinski definition) is 5. The molecule has 1 aliphatic rings. The third-order valence-electron chi connectivity index (χ3n) is 4.01. The number of carbonyl (C=O) groups excluding carboxylic acids is 2. The number of halogens is 1. The SMILES string of the molecule is NC(=O)CCn1c(SCC(=O)NCc2ccc(Cl)cc2)nnc1C1CC1. The van der Waals surface area contributed by atoms with Crippen LogP contribution in [0.2, 0.25) is 5.02 Å². The first-order valence-corrected chi connectivity index (χ1v) is 9.74. The number of benzene rings is 1. The second-order valence-electron chi connectivity index (χ2n) is 6.17. The zero-order valence-corrected chi connectivity index (χ0v) is 15.7. The molecule has 0 atom stereocenters. The number of nitrogens with one attached hydrogen (secondary N) is 1. The Morgan fingerprint density at radius 1 is 1.27 bits per heavy atom. The minimum Gasteiger partial charge on any atom is -0.370 e. The van der Waals surface area contributed by atoms with Gasteiger partial charge in [0.05, 0.1) is 5.75 Å². The number of aromatic nitrogens is 3. The van der Waals surface area contributed by atoms with Crippen LogP contribution >= 0.6 is 23.4 Å². The van der Waals surface area contributed by atoms with Gasteiger partial charge in [0.1, 0.15) is 5.82 Å². The van der Waals surface area contributed by atoms with Crippen LogP contribution in [0, 0.1) is 0 Å². The second-order valence-corrected chi connectivity index (χ2v) is 7.55. The molecule has 1 aliphatic carbocycles. The fraction of sp³-hybridized carbons (Fsp3) is 0.412. The number of rotatable bonds is 9. The van der Waals surface area contributed by atoms with Gasteiger partial charge in [0.2, 0.25) is 11.8 Å². The fourth-order valence-corrected chi connectivity index (χ4v) is 3.39. The molecule has 138 valence electrons. The number of hydrogen-bond donors (Lipinski definition) is 2. The highest BCUT2D eigenvalue weighted by Gasteiger charge is 2.30. The van der Waals surface area contributed by atoms with Gasteiger partial charge in [-0.05, 0) is 30.5 Å². The summed E-state index contributed by atoms with van der Waals surface area (Å²) in [5.74, 6) is 1.06. The van der Waals surface area contributed by atoms with Crippen molar-refractivity contribution in [3.8, 4) is 0 Å². The molecule has 0 bridgehead atoms. The van der Waals surface area contributed by atoms with Gasteiger partial charge in [-0.2, -0.15) is 0 Å². The Morgan fingerprint density at radius 3 is 2.65 bits per heavy atom. The molecule has 1 saturated carbocycles. The summed E-state index contributed by atoms with van der Waals surface area (Å²) in [6.07, 6.45) is 2.40. The molecule has 9 heteroatoms. The summed E-state index contributed by atoms with van der Waals surface area (Å²) in [6, 6.07) is 7.33. The topological polar surface area (TPSA) is 103 Å². The van der Waals surface area contributed by atoms with Crippen LogP contribution in [0.4, 0.5) is 0 Å². The molecular formula is C17H20ClN5O2S. The minimum absolute atomic E-state index is 0.0950. The zero-order valence-electron chi connectivity index (χ0n) is 14.2. The van der Waals surface area contributed by atoms with Gasteiger partial charge < -0.3 is 15.6 Å². The molecule has 0 unspecified atom stereocenters. The van der Waals surface area contributed by atoms with Crippen molar-refractivity contribution in [1.82, 2.24) is 20.1 Å². The fourth-order valence-electron chi connectivity index (χ4n) is 2.47. The lowest BCUT2D eigenvalue weighted by Gasteiger charge is -2.09. The van der Waals surface area contributed by atoms with Crippen LogP contribution in [-0.2, 0) is 22.7 Å². The van der Waals surface area contributed by atoms with Crippen LogP contribution in [0.25, 0.3) is 0 Å². The van der Waals surface area contributed by atoms with E-state index in [0.29, 0.717) is 29.2 Å². The molecule has 1 aromatic heterocycles. The third kappa shape index (κ3) is 5.22. The number of amides is 2. The molecule has 1 aromatic carbocycles. The summed E-state index contributed by atoms with van der Waals surface area (Å²) in [6.45, 7) is 0.890. The van der Waals surface area contributed by atoms with Crippen molar-refractivity contribution >= 4 is 35.2 Å². The van der Waals surface area contributed by atoms with Crippen molar-refractivity contribution in [2.45, 2.75) is 43.4 Å². The van der Waals surface area contributed by atoms with Gasteiger partial charge in [0.25, 0.3) is 0 Å². The first kappa shape index (κ1) is 18.7. The van der Waals surface area contributed by atoms with Gasteiger partial charge in [-0.15, -0.1) is 10.2 Å². The normalized spacial score (nSPS) is 13.6. The van der Waals surface area contributed by atoms with E-state index in [9.17, 15) is 9.59 Å². The monoisotopic (exact) mass is 393 g/mol. The lowest BCUT2D eigenvalue weighted by Crippen LogP contribution is -2.24. The molecule has 0 aliphatic heterocycles. The quantitative estimate of drug-likeness (QED) is 0.635. The maximum atomic E-state index is 12.1. The van der Waals surface area contributed by atoms with Gasteiger partial charge in [-0.1, -0.05) is 35.5 Å². The largest absolute Gasteiger partial charge is 0.370 e. The molecule has 3 rings (SSSR count). The zero-order chi connectivity index (χ0) is 18.5. The van der Waals surface area contributed by atoms with E-state index in [1.807, 2.05) is 16.7 Å². The predicted molar refractivity (Wildman–Crippen MR) is 99.8 cm³/mol. The summed E-state index contributed by atoms with van der Waals surface area (Å²) in [7, 11) is 0. The summed E-state index contributed by atoms with van der Waals surface area (Å²) >= 11 is 7.16. The molecule has 26 heavy (non-hydrogen) atoms. The van der Waals surface area contributed by atoms with Crippen LogP contribution in [0.15, 0.2) is 29.4 Å². The second kappa shape index (κ2) is 8.55. The van der Waals surface area contributed by atoms with Gasteiger partial charge in [-0.3, -0.25) is 9.59 Å². The Kier molecular flexibility index (Phi) is 6.16. The highest BCUT2D eigenvalue weighted by Crippen LogP contribution is 2.40. The Morgan fingerprint density at radius 2 is 2.00 bits per heavy atom. The lowest BCUT2D eigenvalue weighted by atomic mass is 10.2. The van der Waals surface area contributed by atoms with Gasteiger partial charge in [0.15, 0.2) is 5.16 Å². The molecule has 1 fully saturated rings. The maximum absolute atomic E-state index is 12.1. The van der Waals surface area contributed by atoms with E-state index >= 15 is 0 Å². The maximum Gasteiger partial charge on any atom is 0.230 e. The van der Waals surface area contributed by atoms with Crippen molar-refractivity contribution in [1.29, 1.82) is 0 Å². The van der Waals surface area contributed by atoms with E-state index in [1.54, 1.807) is 12.1 Å². The molecule has 1 heterocycles. The van der Waals surface area contributed by atoms with Crippen molar-refractivity contribution < 1.29 is 9.59 Å². The molecule has 2 aromatic rings. The van der Waals surface area contributed by atoms with Crippen LogP contribution < -0.4 is 11.1 Å². The average Bonchev–Trinajstić information content (AvgIpc) is 3.38. The summed E-state index contributed by atoms with van der Waals surface area (Å²) in [4.78, 5) is 23.2.